The summed E-state index contributed by atoms with van der Waals surface area (Å²) in [6.45, 7) is -0.691. The summed E-state index contributed by atoms with van der Waals surface area (Å²) in [6, 6.07) is 33.4. The summed E-state index contributed by atoms with van der Waals surface area (Å²) >= 11 is 0. The molecule has 0 saturated carbocycles. The summed E-state index contributed by atoms with van der Waals surface area (Å²) in [7, 11) is 0. The molecule has 4 aromatic rings. The summed E-state index contributed by atoms with van der Waals surface area (Å²) in [5, 5.41) is 0. The number of hydrogen-bond donors (Lipinski definition) is 0. The Balaban J connectivity index is 1.32. The molecule has 0 spiro atoms. The number of rotatable bonds is 10. The maximum absolute atomic E-state index is 13.2. The Bertz CT molecular complexity index is 1020. The summed E-state index contributed by atoms with van der Waals surface area (Å²) in [6.07, 6.45) is 0. The minimum Gasteiger partial charge on any atom is -0.372 e. The van der Waals surface area contributed by atoms with Gasteiger partial charge in [-0.05, 0) is 33.0 Å². The average Bonchev–Trinajstić information content (AvgIpc) is 2.88. The molecule has 33 heavy (non-hydrogen) atoms. The monoisotopic (exact) mass is 442 g/mol. The van der Waals surface area contributed by atoms with Crippen LogP contribution in [0.2, 0.25) is 0 Å². The third-order valence-corrected chi connectivity index (χ3v) is 5.49. The Morgan fingerprint density at radius 1 is 0.455 bits per heavy atom. The predicted octanol–water partition coefficient (Wildman–Crippen LogP) is 3.42. The first-order valence-corrected chi connectivity index (χ1v) is 10.7. The molecule has 164 valence electrons. The van der Waals surface area contributed by atoms with Gasteiger partial charge in [-0.25, -0.2) is 0 Å². The van der Waals surface area contributed by atoms with Gasteiger partial charge in [-0.2, -0.15) is 0 Å². The molecule has 0 heterocycles. The summed E-state index contributed by atoms with van der Waals surface area (Å²) in [5.41, 5.74) is 4.89. The second kappa shape index (κ2) is 11.6. The van der Waals surface area contributed by atoms with Crippen LogP contribution in [0.1, 0.15) is 11.1 Å². The van der Waals surface area contributed by atoms with E-state index in [2.05, 4.69) is 9.72 Å². The van der Waals surface area contributed by atoms with Crippen LogP contribution in [-0.2, 0) is 27.7 Å². The highest BCUT2D eigenvalue weighted by atomic mass is 19.3. The van der Waals surface area contributed by atoms with Gasteiger partial charge in [-0.15, -0.1) is 0 Å². The molecule has 0 radical (unpaired) electrons. The van der Waals surface area contributed by atoms with Crippen molar-refractivity contribution in [3.8, 4) is 0 Å². The van der Waals surface area contributed by atoms with Crippen molar-refractivity contribution in [2.24, 2.45) is 0 Å². The lowest BCUT2D eigenvalue weighted by molar-refractivity contribution is -0.00509. The number of hydrogen-bond acceptors (Lipinski definition) is 3. The molecule has 0 aliphatic heterocycles. The van der Waals surface area contributed by atoms with Crippen molar-refractivity contribution in [3.63, 3.8) is 0 Å². The van der Waals surface area contributed by atoms with Gasteiger partial charge in [0.1, 0.15) is 0 Å². The molecule has 7 heteroatoms. The Morgan fingerprint density at radius 2 is 0.788 bits per heavy atom. The first-order valence-electron chi connectivity index (χ1n) is 10.7. The van der Waals surface area contributed by atoms with E-state index in [-0.39, 0.29) is 0 Å². The fourth-order valence-corrected chi connectivity index (χ4v) is 3.71. The molecule has 0 unspecified atom stereocenters. The van der Waals surface area contributed by atoms with Crippen LogP contribution in [0.15, 0.2) is 109 Å². The average molecular weight is 442 g/mol. The number of halogens is 2. The first kappa shape index (κ1) is 22.9. The molecule has 0 fully saturated rings. The van der Waals surface area contributed by atoms with E-state index in [4.69, 9.17) is 4.74 Å². The van der Waals surface area contributed by atoms with E-state index in [1.165, 1.54) is 0 Å². The topological polar surface area (TPSA) is 27.7 Å². The van der Waals surface area contributed by atoms with Crippen LogP contribution >= 0.6 is 0 Å². The summed E-state index contributed by atoms with van der Waals surface area (Å²) < 4.78 is 32.1. The molecule has 0 aromatic heterocycles. The summed E-state index contributed by atoms with van der Waals surface area (Å²) in [4.78, 5) is 8.40. The Hall–Kier alpha value is -3.25. The Morgan fingerprint density at radius 3 is 1.12 bits per heavy atom. The third-order valence-electron chi connectivity index (χ3n) is 5.49. The first-order chi connectivity index (χ1) is 16.3. The zero-order chi connectivity index (χ0) is 22.9. The molecule has 0 N–H and O–H groups in total. The van der Waals surface area contributed by atoms with Crippen molar-refractivity contribution >= 4 is 35.7 Å². The molecule has 0 aliphatic carbocycles. The highest BCUT2D eigenvalue weighted by Gasteiger charge is 2.23. The van der Waals surface area contributed by atoms with Gasteiger partial charge < -0.3 is 4.74 Å². The van der Waals surface area contributed by atoms with Crippen LogP contribution in [0, 0.1) is 0 Å². The van der Waals surface area contributed by atoms with Gasteiger partial charge in [0.15, 0.2) is 0 Å². The largest absolute Gasteiger partial charge is 0.412 e. The van der Waals surface area contributed by atoms with Gasteiger partial charge in [0.25, 0.3) is 0 Å². The number of benzene rings is 4. The van der Waals surface area contributed by atoms with E-state index >= 15 is 0 Å². The predicted molar refractivity (Wildman–Crippen MR) is 129 cm³/mol. The Labute approximate surface area is 193 Å². The highest BCUT2D eigenvalue weighted by molar-refractivity contribution is 6.80. The van der Waals surface area contributed by atoms with Crippen molar-refractivity contribution < 1.29 is 23.5 Å². The molecular formula is C26H22B2F2O3. The van der Waals surface area contributed by atoms with Gasteiger partial charge in [0.2, 0.25) is 0 Å². The van der Waals surface area contributed by atoms with Crippen LogP contribution in [-0.4, -0.2) is 13.8 Å². The lowest BCUT2D eigenvalue weighted by atomic mass is 9.56. The zero-order valence-electron chi connectivity index (χ0n) is 17.9. The van der Waals surface area contributed by atoms with Gasteiger partial charge in [-0.3, -0.25) is 9.72 Å². The normalized spacial score (nSPS) is 10.7. The van der Waals surface area contributed by atoms with E-state index < -0.39 is 13.8 Å². The molecular weight excluding hydrogens is 420 g/mol. The van der Waals surface area contributed by atoms with E-state index in [0.717, 1.165) is 33.0 Å². The summed E-state index contributed by atoms with van der Waals surface area (Å²) in [5.74, 6) is 0. The fraction of sp³-hybridized carbons (Fsp3) is 0.0769. The lowest BCUT2D eigenvalue weighted by Crippen LogP contribution is -2.43. The van der Waals surface area contributed by atoms with Crippen molar-refractivity contribution in [1.29, 1.82) is 0 Å². The molecule has 4 aromatic carbocycles. The van der Waals surface area contributed by atoms with Crippen LogP contribution in [0.4, 0.5) is 9.05 Å². The molecule has 0 amide bonds. The molecule has 0 atom stereocenters. The minimum absolute atomic E-state index is 0.411. The van der Waals surface area contributed by atoms with E-state index in [1.54, 1.807) is 0 Å². The van der Waals surface area contributed by atoms with Crippen LogP contribution < -0.4 is 21.9 Å². The minimum atomic E-state index is -0.757. The maximum atomic E-state index is 13.2. The quantitative estimate of drug-likeness (QED) is 0.353. The van der Waals surface area contributed by atoms with Crippen molar-refractivity contribution in [2.45, 2.75) is 13.2 Å². The van der Waals surface area contributed by atoms with Crippen molar-refractivity contribution in [3.05, 3.63) is 120 Å². The maximum Gasteiger partial charge on any atom is 0.412 e. The number of ether oxygens (including phenoxy) is 1. The van der Waals surface area contributed by atoms with Gasteiger partial charge >= 0.3 is 13.8 Å². The van der Waals surface area contributed by atoms with E-state index in [9.17, 15) is 9.05 Å². The smallest absolute Gasteiger partial charge is 0.372 e. The third kappa shape index (κ3) is 5.96. The van der Waals surface area contributed by atoms with Crippen LogP contribution in [0.5, 0.6) is 0 Å². The molecule has 0 saturated heterocycles. The van der Waals surface area contributed by atoms with Gasteiger partial charge in [-0.1, -0.05) is 118 Å². The second-order valence-electron chi connectivity index (χ2n) is 7.74. The Kier molecular flexibility index (Phi) is 8.04. The van der Waals surface area contributed by atoms with E-state index in [1.807, 2.05) is 109 Å². The van der Waals surface area contributed by atoms with Gasteiger partial charge in [0.05, 0.1) is 13.2 Å². The van der Waals surface area contributed by atoms with Crippen molar-refractivity contribution in [1.82, 2.24) is 0 Å². The standard InChI is InChI=1S/C26H22B2F2O3/c29-32-27(23-7-3-1-4-8-23)25-15-11-21(12-16-25)19-31-20-22-13-17-26(18-14-22)28(33-30)24-9-5-2-6-10-24/h1-18H,19-20H2. The SMILES string of the molecule is FOB(c1ccccc1)c1ccc(COCc2ccc(B(OF)c3ccccc3)cc2)cc1. The zero-order valence-corrected chi connectivity index (χ0v) is 17.9. The lowest BCUT2D eigenvalue weighted by Gasteiger charge is -2.11. The highest BCUT2D eigenvalue weighted by Crippen LogP contribution is 2.07. The van der Waals surface area contributed by atoms with Crippen LogP contribution in [0.3, 0.4) is 0 Å². The molecule has 4 rings (SSSR count). The molecule has 0 bridgehead atoms. The second-order valence-corrected chi connectivity index (χ2v) is 7.74. The van der Waals surface area contributed by atoms with Crippen LogP contribution in [0.25, 0.3) is 0 Å². The van der Waals surface area contributed by atoms with Gasteiger partial charge in [0, 0.05) is 0 Å². The molecule has 0 aliphatic rings. The van der Waals surface area contributed by atoms with Crippen molar-refractivity contribution in [2.75, 3.05) is 0 Å². The fourth-order valence-electron chi connectivity index (χ4n) is 3.71. The van der Waals surface area contributed by atoms with E-state index in [0.29, 0.717) is 13.2 Å². The molecule has 3 nitrogen and oxygen atoms in total.